The Kier molecular flexibility index (Phi) is 3.40. The summed E-state index contributed by atoms with van der Waals surface area (Å²) in [5.41, 5.74) is -5.36. The highest BCUT2D eigenvalue weighted by Gasteiger charge is 2.50. The molecular formula is C8H9F3N2O5S2. The number of sulfonamides is 2. The molecule has 0 aliphatic carbocycles. The van der Waals surface area contributed by atoms with Crippen molar-refractivity contribution in [1.29, 1.82) is 0 Å². The smallest absolute Gasteiger partial charge is 0.448 e. The van der Waals surface area contributed by atoms with Crippen molar-refractivity contribution in [2.45, 2.75) is 23.6 Å². The molecule has 0 saturated carbocycles. The molecule has 0 radical (unpaired) electrons. The van der Waals surface area contributed by atoms with E-state index >= 15 is 0 Å². The van der Waals surface area contributed by atoms with Gasteiger partial charge in [0.25, 0.3) is 10.0 Å². The lowest BCUT2D eigenvalue weighted by Crippen LogP contribution is -2.43. The van der Waals surface area contributed by atoms with Gasteiger partial charge in [0, 0.05) is 31.1 Å². The van der Waals surface area contributed by atoms with E-state index in [0.29, 0.717) is 0 Å². The van der Waals surface area contributed by atoms with Crippen molar-refractivity contribution in [1.82, 2.24) is 4.31 Å². The van der Waals surface area contributed by atoms with E-state index < -0.39 is 43.7 Å². The van der Waals surface area contributed by atoms with Crippen LogP contribution in [-0.4, -0.2) is 33.2 Å². The minimum atomic E-state index is -5.46. The average Bonchev–Trinajstić information content (AvgIpc) is 2.69. The van der Waals surface area contributed by atoms with Crippen LogP contribution in [0.3, 0.4) is 0 Å². The quantitative estimate of drug-likeness (QED) is 0.827. The van der Waals surface area contributed by atoms with Crippen molar-refractivity contribution in [3.8, 4) is 0 Å². The number of hydrogen-bond acceptors (Lipinski definition) is 5. The molecule has 0 bridgehead atoms. The fourth-order valence-electron chi connectivity index (χ4n) is 1.77. The molecule has 2 N–H and O–H groups in total. The summed E-state index contributed by atoms with van der Waals surface area (Å²) in [4.78, 5) is 0. The third-order valence-electron chi connectivity index (χ3n) is 2.72. The summed E-state index contributed by atoms with van der Waals surface area (Å²) in [6.07, 6.45) is -0.167. The molecule has 114 valence electrons. The summed E-state index contributed by atoms with van der Waals surface area (Å²) in [5.74, 6) is 0.114. The molecule has 0 aromatic carbocycles. The highest BCUT2D eigenvalue weighted by atomic mass is 32.2. The molecule has 7 nitrogen and oxygen atoms in total. The predicted molar refractivity (Wildman–Crippen MR) is 59.2 cm³/mol. The summed E-state index contributed by atoms with van der Waals surface area (Å²) in [6, 6.07) is 0.933. The van der Waals surface area contributed by atoms with Gasteiger partial charge in [0.2, 0.25) is 5.09 Å². The van der Waals surface area contributed by atoms with E-state index in [1.165, 1.54) is 0 Å². The van der Waals surface area contributed by atoms with E-state index in [-0.39, 0.29) is 22.0 Å². The summed E-state index contributed by atoms with van der Waals surface area (Å²) >= 11 is 0. The topological polar surface area (TPSA) is 111 Å². The Hall–Kier alpha value is -1.11. The lowest BCUT2D eigenvalue weighted by Gasteiger charge is -2.25. The van der Waals surface area contributed by atoms with Gasteiger partial charge in [-0.15, -0.1) is 0 Å². The van der Waals surface area contributed by atoms with Crippen LogP contribution in [0.15, 0.2) is 15.6 Å². The van der Waals surface area contributed by atoms with Crippen molar-refractivity contribution in [2.75, 3.05) is 6.54 Å². The largest absolute Gasteiger partial charge is 0.511 e. The molecule has 2 heterocycles. The number of fused-ring (bicyclic) bond motifs is 1. The van der Waals surface area contributed by atoms with Crippen molar-refractivity contribution in [3.63, 3.8) is 0 Å². The standard InChI is InChI=1S/C8H9F3N2O5S2/c9-8(10,11)20(16,17)13-2-1-6-5(4-13)3-7(18-6)19(12,14)15/h3H,1-2,4H2,(H2,12,14,15). The first-order chi connectivity index (χ1) is 8.93. The molecule has 0 atom stereocenters. The molecule has 20 heavy (non-hydrogen) atoms. The maximum atomic E-state index is 12.4. The van der Waals surface area contributed by atoms with Gasteiger partial charge in [0.15, 0.2) is 0 Å². The SMILES string of the molecule is NS(=O)(=O)c1cc2c(o1)CCN(S(=O)(=O)C(F)(F)F)C2. The summed E-state index contributed by atoms with van der Waals surface area (Å²) < 4.78 is 87.0. The minimum Gasteiger partial charge on any atom is -0.448 e. The normalized spacial score (nSPS) is 18.0. The second-order valence-electron chi connectivity index (χ2n) is 4.09. The molecule has 0 spiro atoms. The van der Waals surface area contributed by atoms with Crippen LogP contribution in [0.1, 0.15) is 11.3 Å². The zero-order chi connectivity index (χ0) is 15.3. The van der Waals surface area contributed by atoms with Gasteiger partial charge in [-0.25, -0.2) is 22.0 Å². The Bertz CT molecular complexity index is 735. The highest BCUT2D eigenvalue weighted by molar-refractivity contribution is 7.90. The van der Waals surface area contributed by atoms with Crippen LogP contribution in [-0.2, 0) is 33.0 Å². The zero-order valence-electron chi connectivity index (χ0n) is 9.71. The van der Waals surface area contributed by atoms with Crippen molar-refractivity contribution in [2.24, 2.45) is 5.14 Å². The first-order valence-electron chi connectivity index (χ1n) is 5.14. The van der Waals surface area contributed by atoms with Gasteiger partial charge in [-0.05, 0) is 0 Å². The molecule has 1 aromatic rings. The highest BCUT2D eigenvalue weighted by Crippen LogP contribution is 2.32. The third-order valence-corrected chi connectivity index (χ3v) is 5.06. The van der Waals surface area contributed by atoms with Gasteiger partial charge >= 0.3 is 15.5 Å². The van der Waals surface area contributed by atoms with E-state index in [1.54, 1.807) is 0 Å². The first-order valence-corrected chi connectivity index (χ1v) is 8.12. The lowest BCUT2D eigenvalue weighted by molar-refractivity contribution is -0.0493. The number of nitrogens with two attached hydrogens (primary N) is 1. The third kappa shape index (κ3) is 2.55. The Morgan fingerprint density at radius 1 is 1.25 bits per heavy atom. The number of alkyl halides is 3. The minimum absolute atomic E-state index is 0.0492. The summed E-state index contributed by atoms with van der Waals surface area (Å²) in [7, 11) is -9.59. The summed E-state index contributed by atoms with van der Waals surface area (Å²) in [5, 5.41) is 4.22. The van der Waals surface area contributed by atoms with Gasteiger partial charge in [-0.3, -0.25) is 0 Å². The fraction of sp³-hybridized carbons (Fsp3) is 0.500. The van der Waals surface area contributed by atoms with Crippen LogP contribution in [0.2, 0.25) is 0 Å². The van der Waals surface area contributed by atoms with Crippen LogP contribution >= 0.6 is 0 Å². The Labute approximate surface area is 112 Å². The molecule has 2 rings (SSSR count). The predicted octanol–water partition coefficient (Wildman–Crippen LogP) is 0.135. The molecule has 1 aliphatic heterocycles. The molecule has 1 aliphatic rings. The number of nitrogens with zero attached hydrogens (tertiary/aromatic N) is 1. The first kappa shape index (κ1) is 15.3. The van der Waals surface area contributed by atoms with Gasteiger partial charge < -0.3 is 4.42 Å². The average molecular weight is 334 g/mol. The fourth-order valence-corrected chi connectivity index (χ4v) is 3.23. The van der Waals surface area contributed by atoms with Gasteiger partial charge in [0.05, 0.1) is 0 Å². The lowest BCUT2D eigenvalue weighted by atomic mass is 10.1. The van der Waals surface area contributed by atoms with Crippen LogP contribution in [0.25, 0.3) is 0 Å². The van der Waals surface area contributed by atoms with Gasteiger partial charge in [-0.2, -0.15) is 17.5 Å². The molecule has 0 amide bonds. The molecule has 0 fully saturated rings. The van der Waals surface area contributed by atoms with E-state index in [0.717, 1.165) is 6.07 Å². The van der Waals surface area contributed by atoms with Gasteiger partial charge in [-0.1, -0.05) is 0 Å². The Morgan fingerprint density at radius 2 is 1.85 bits per heavy atom. The van der Waals surface area contributed by atoms with E-state index in [2.05, 4.69) is 0 Å². The second kappa shape index (κ2) is 4.44. The van der Waals surface area contributed by atoms with Crippen molar-refractivity contribution >= 4 is 20.0 Å². The van der Waals surface area contributed by atoms with Crippen LogP contribution in [0, 0.1) is 0 Å². The zero-order valence-corrected chi connectivity index (χ0v) is 11.3. The molecular weight excluding hydrogens is 325 g/mol. The van der Waals surface area contributed by atoms with E-state index in [9.17, 15) is 30.0 Å². The number of rotatable bonds is 2. The molecule has 0 saturated heterocycles. The maximum absolute atomic E-state index is 12.4. The van der Waals surface area contributed by atoms with E-state index in [4.69, 9.17) is 9.56 Å². The molecule has 0 unspecified atom stereocenters. The van der Waals surface area contributed by atoms with Crippen molar-refractivity contribution < 1.29 is 34.4 Å². The van der Waals surface area contributed by atoms with Crippen molar-refractivity contribution in [3.05, 3.63) is 17.4 Å². The monoisotopic (exact) mass is 334 g/mol. The van der Waals surface area contributed by atoms with Crippen LogP contribution in [0.4, 0.5) is 13.2 Å². The number of primary sulfonamides is 1. The van der Waals surface area contributed by atoms with E-state index in [1.807, 2.05) is 0 Å². The Morgan fingerprint density at radius 3 is 2.35 bits per heavy atom. The number of hydrogen-bond donors (Lipinski definition) is 1. The van der Waals surface area contributed by atoms with Crippen LogP contribution < -0.4 is 5.14 Å². The number of halogens is 3. The Balaban J connectivity index is 2.35. The van der Waals surface area contributed by atoms with Crippen LogP contribution in [0.5, 0.6) is 0 Å². The summed E-state index contributed by atoms with van der Waals surface area (Å²) in [6.45, 7) is -1.07. The maximum Gasteiger partial charge on any atom is 0.511 e. The molecule has 12 heteroatoms. The number of furan rings is 1. The molecule has 1 aromatic heterocycles. The van der Waals surface area contributed by atoms with Gasteiger partial charge in [0.1, 0.15) is 5.76 Å². The second-order valence-corrected chi connectivity index (χ2v) is 7.52.